The molecule has 3 aromatic rings. The van der Waals surface area contributed by atoms with Gasteiger partial charge in [0.15, 0.2) is 5.82 Å². The van der Waals surface area contributed by atoms with Crippen molar-refractivity contribution in [2.45, 2.75) is 0 Å². The second kappa shape index (κ2) is 5.30. The van der Waals surface area contributed by atoms with Crippen LogP contribution in [0.4, 0.5) is 0 Å². The van der Waals surface area contributed by atoms with E-state index in [0.717, 1.165) is 21.4 Å². The van der Waals surface area contributed by atoms with Gasteiger partial charge < -0.3 is 9.55 Å². The predicted octanol–water partition coefficient (Wildman–Crippen LogP) is 3.97. The lowest BCUT2D eigenvalue weighted by atomic mass is 10.1. The lowest BCUT2D eigenvalue weighted by molar-refractivity contribution is 0.907. The number of rotatable bonds is 2. The maximum Gasteiger partial charge on any atom is 0.157 e. The highest BCUT2D eigenvalue weighted by Crippen LogP contribution is 2.28. The first-order chi connectivity index (χ1) is 9.66. The molecule has 0 aliphatic carbocycles. The molecule has 2 aromatic heterocycles. The highest BCUT2D eigenvalue weighted by Gasteiger charge is 2.11. The molecule has 1 N–H and O–H groups in total. The molecule has 3 rings (SSSR count). The van der Waals surface area contributed by atoms with Gasteiger partial charge in [-0.25, -0.2) is 9.97 Å². The van der Waals surface area contributed by atoms with Crippen LogP contribution in [0.2, 0.25) is 0 Å². The van der Waals surface area contributed by atoms with Crippen molar-refractivity contribution in [1.29, 1.82) is 0 Å². The summed E-state index contributed by atoms with van der Waals surface area (Å²) in [6.45, 7) is 0. The standard InChI is InChI=1S/C14H11BrN4S/c1-19-8-16-7-10(19)13-17-12(11(15)14(20)18-13)9-5-3-2-4-6-9/h2-8H,1H3,(H,17,18,20). The van der Waals surface area contributed by atoms with Crippen LogP contribution in [0, 0.1) is 4.64 Å². The van der Waals surface area contributed by atoms with E-state index in [9.17, 15) is 0 Å². The van der Waals surface area contributed by atoms with Crippen molar-refractivity contribution in [2.75, 3.05) is 0 Å². The van der Waals surface area contributed by atoms with Crippen LogP contribution < -0.4 is 0 Å². The molecule has 0 aliphatic rings. The molecular formula is C14H11BrN4S. The van der Waals surface area contributed by atoms with E-state index in [2.05, 4.69) is 30.9 Å². The molecule has 100 valence electrons. The smallest absolute Gasteiger partial charge is 0.157 e. The van der Waals surface area contributed by atoms with Gasteiger partial charge in [0.25, 0.3) is 0 Å². The monoisotopic (exact) mass is 346 g/mol. The lowest BCUT2D eigenvalue weighted by Crippen LogP contribution is -1.98. The zero-order valence-corrected chi connectivity index (χ0v) is 13.1. The molecule has 0 saturated carbocycles. The summed E-state index contributed by atoms with van der Waals surface area (Å²) in [6.07, 6.45) is 3.49. The van der Waals surface area contributed by atoms with Crippen LogP contribution in [-0.4, -0.2) is 19.5 Å². The fourth-order valence-electron chi connectivity index (χ4n) is 1.97. The van der Waals surface area contributed by atoms with Crippen molar-refractivity contribution in [1.82, 2.24) is 19.5 Å². The number of aromatic nitrogens is 4. The van der Waals surface area contributed by atoms with E-state index >= 15 is 0 Å². The Labute approximate surface area is 129 Å². The van der Waals surface area contributed by atoms with Crippen molar-refractivity contribution in [3.8, 4) is 22.8 Å². The zero-order chi connectivity index (χ0) is 14.1. The van der Waals surface area contributed by atoms with Gasteiger partial charge in [-0.3, -0.25) is 0 Å². The first-order valence-electron chi connectivity index (χ1n) is 5.99. The van der Waals surface area contributed by atoms with Gasteiger partial charge in [-0.15, -0.1) is 0 Å². The van der Waals surface area contributed by atoms with E-state index in [1.54, 1.807) is 12.5 Å². The maximum absolute atomic E-state index is 5.34. The Balaban J connectivity index is 2.24. The van der Waals surface area contributed by atoms with Crippen molar-refractivity contribution in [3.63, 3.8) is 0 Å². The molecular weight excluding hydrogens is 336 g/mol. The van der Waals surface area contributed by atoms with Crippen LogP contribution >= 0.6 is 28.1 Å². The van der Waals surface area contributed by atoms with Crippen LogP contribution in [0.3, 0.4) is 0 Å². The second-order valence-electron chi connectivity index (χ2n) is 4.34. The summed E-state index contributed by atoms with van der Waals surface area (Å²) in [5.41, 5.74) is 2.86. The van der Waals surface area contributed by atoms with Gasteiger partial charge >= 0.3 is 0 Å². The van der Waals surface area contributed by atoms with E-state index in [0.29, 0.717) is 10.5 Å². The minimum absolute atomic E-state index is 0.527. The molecule has 0 unspecified atom stereocenters. The Bertz CT molecular complexity index is 808. The summed E-state index contributed by atoms with van der Waals surface area (Å²) in [5.74, 6) is 0.706. The van der Waals surface area contributed by atoms with Crippen LogP contribution in [0.1, 0.15) is 0 Å². The van der Waals surface area contributed by atoms with E-state index in [1.165, 1.54) is 0 Å². The van der Waals surface area contributed by atoms with E-state index in [1.807, 2.05) is 41.9 Å². The molecule has 1 aromatic carbocycles. The molecule has 0 amide bonds. The Hall–Kier alpha value is -1.79. The first-order valence-corrected chi connectivity index (χ1v) is 7.19. The number of H-pyrrole nitrogens is 1. The Morgan fingerprint density at radius 3 is 2.65 bits per heavy atom. The van der Waals surface area contributed by atoms with Crippen LogP contribution in [-0.2, 0) is 7.05 Å². The Kier molecular flexibility index (Phi) is 3.50. The fourth-order valence-corrected chi connectivity index (χ4v) is 2.58. The van der Waals surface area contributed by atoms with Gasteiger partial charge in [0.1, 0.15) is 10.3 Å². The van der Waals surface area contributed by atoms with E-state index < -0.39 is 0 Å². The third-order valence-corrected chi connectivity index (χ3v) is 4.32. The van der Waals surface area contributed by atoms with Crippen LogP contribution in [0.15, 0.2) is 47.3 Å². The van der Waals surface area contributed by atoms with Gasteiger partial charge in [-0.05, 0) is 21.5 Å². The molecule has 0 fully saturated rings. The first kappa shape index (κ1) is 13.2. The van der Waals surface area contributed by atoms with Crippen LogP contribution in [0.5, 0.6) is 0 Å². The van der Waals surface area contributed by atoms with Crippen molar-refractivity contribution in [3.05, 3.63) is 52.0 Å². The molecule has 0 aliphatic heterocycles. The molecule has 6 heteroatoms. The molecule has 0 spiro atoms. The lowest BCUT2D eigenvalue weighted by Gasteiger charge is -2.09. The molecule has 4 nitrogen and oxygen atoms in total. The number of aromatic amines is 1. The van der Waals surface area contributed by atoms with Gasteiger partial charge in [-0.1, -0.05) is 42.5 Å². The number of hydrogen-bond acceptors (Lipinski definition) is 3. The summed E-state index contributed by atoms with van der Waals surface area (Å²) in [4.78, 5) is 11.9. The van der Waals surface area contributed by atoms with Crippen molar-refractivity contribution >= 4 is 28.1 Å². The van der Waals surface area contributed by atoms with Crippen molar-refractivity contribution < 1.29 is 0 Å². The number of nitrogens with zero attached hydrogens (tertiary/aromatic N) is 3. The molecule has 0 bridgehead atoms. The minimum atomic E-state index is 0.527. The topological polar surface area (TPSA) is 46.5 Å². The number of imidazole rings is 1. The summed E-state index contributed by atoms with van der Waals surface area (Å²) < 4.78 is 3.22. The highest BCUT2D eigenvalue weighted by molar-refractivity contribution is 9.10. The predicted molar refractivity (Wildman–Crippen MR) is 84.8 cm³/mol. The summed E-state index contributed by atoms with van der Waals surface area (Å²) in [6, 6.07) is 10.0. The molecule has 0 saturated heterocycles. The maximum atomic E-state index is 5.34. The Morgan fingerprint density at radius 2 is 2.00 bits per heavy atom. The summed E-state index contributed by atoms with van der Waals surface area (Å²) >= 11 is 8.85. The number of benzene rings is 1. The second-order valence-corrected chi connectivity index (χ2v) is 5.52. The SMILES string of the molecule is Cn1cncc1-c1nc(=S)c(Br)c(-c2ccccc2)[nH]1. The summed E-state index contributed by atoms with van der Waals surface area (Å²) in [5, 5.41) is 0. The third-order valence-electron chi connectivity index (χ3n) is 2.99. The quantitative estimate of drug-likeness (QED) is 0.714. The normalized spacial score (nSPS) is 10.7. The fraction of sp³-hybridized carbons (Fsp3) is 0.0714. The zero-order valence-electron chi connectivity index (χ0n) is 10.7. The largest absolute Gasteiger partial charge is 0.337 e. The van der Waals surface area contributed by atoms with Gasteiger partial charge in [-0.2, -0.15) is 0 Å². The van der Waals surface area contributed by atoms with E-state index in [-0.39, 0.29) is 0 Å². The molecule has 0 atom stereocenters. The van der Waals surface area contributed by atoms with Crippen LogP contribution in [0.25, 0.3) is 22.8 Å². The number of nitrogens with one attached hydrogen (secondary N) is 1. The number of hydrogen-bond donors (Lipinski definition) is 1. The van der Waals surface area contributed by atoms with Gasteiger partial charge in [0.2, 0.25) is 0 Å². The average Bonchev–Trinajstić information content (AvgIpc) is 2.89. The number of aryl methyl sites for hydroxylation is 1. The van der Waals surface area contributed by atoms with Gasteiger partial charge in [0, 0.05) is 7.05 Å². The van der Waals surface area contributed by atoms with Gasteiger partial charge in [0.05, 0.1) is 22.7 Å². The molecule has 0 radical (unpaired) electrons. The third kappa shape index (κ3) is 2.32. The Morgan fingerprint density at radius 1 is 1.25 bits per heavy atom. The highest BCUT2D eigenvalue weighted by atomic mass is 79.9. The summed E-state index contributed by atoms with van der Waals surface area (Å²) in [7, 11) is 1.92. The average molecular weight is 347 g/mol. The molecule has 20 heavy (non-hydrogen) atoms. The minimum Gasteiger partial charge on any atom is -0.337 e. The van der Waals surface area contributed by atoms with E-state index in [4.69, 9.17) is 12.2 Å². The van der Waals surface area contributed by atoms with Crippen molar-refractivity contribution in [2.24, 2.45) is 7.05 Å². The number of halogens is 1. The molecule has 2 heterocycles.